The largest absolute Gasteiger partial charge is 0.497 e. The lowest BCUT2D eigenvalue weighted by Gasteiger charge is -2.39. The zero-order chi connectivity index (χ0) is 43.0. The second kappa shape index (κ2) is 20.2. The van der Waals surface area contributed by atoms with Gasteiger partial charge in [-0.05, 0) is 68.7 Å². The number of rotatable bonds is 19. The number of hydrogen-bond acceptors (Lipinski definition) is 12. The van der Waals surface area contributed by atoms with Gasteiger partial charge in [0.15, 0.2) is 10.8 Å². The molecular formula is C44H53ClN7O7P. The predicted octanol–water partition coefficient (Wildman–Crippen LogP) is 9.05. The molecule has 4 atom stereocenters. The van der Waals surface area contributed by atoms with E-state index in [1.165, 1.54) is 0 Å². The molecule has 0 spiro atoms. The predicted molar refractivity (Wildman–Crippen MR) is 231 cm³/mol. The minimum absolute atomic E-state index is 0.0594. The third-order valence-corrected chi connectivity index (χ3v) is 12.6. The lowest BCUT2D eigenvalue weighted by molar-refractivity contribution is -0.118. The summed E-state index contributed by atoms with van der Waals surface area (Å²) >= 11 is 6.62. The highest BCUT2D eigenvalue weighted by Crippen LogP contribution is 2.51. The van der Waals surface area contributed by atoms with Crippen molar-refractivity contribution >= 4 is 43.1 Å². The smallest absolute Gasteiger partial charge is 0.259 e. The first kappa shape index (κ1) is 44.8. The number of aromatic nitrogens is 4. The van der Waals surface area contributed by atoms with Crippen LogP contribution in [0, 0.1) is 17.2 Å². The van der Waals surface area contributed by atoms with Crippen molar-refractivity contribution in [2.24, 2.45) is 5.92 Å². The monoisotopic (exact) mass is 857 g/mol. The number of amides is 1. The molecule has 0 bridgehead atoms. The topological polar surface area (TPSA) is 155 Å². The maximum absolute atomic E-state index is 12.6. The van der Waals surface area contributed by atoms with E-state index in [2.05, 4.69) is 58.7 Å². The Balaban J connectivity index is 1.44. The van der Waals surface area contributed by atoms with Crippen LogP contribution in [0.5, 0.6) is 11.5 Å². The van der Waals surface area contributed by atoms with E-state index in [1.807, 2.05) is 78.9 Å². The van der Waals surface area contributed by atoms with E-state index in [-0.39, 0.29) is 54.6 Å². The number of anilines is 1. The minimum atomic E-state index is -1.67. The molecule has 1 fully saturated rings. The van der Waals surface area contributed by atoms with Crippen LogP contribution in [0.2, 0.25) is 5.15 Å². The van der Waals surface area contributed by atoms with Crippen molar-refractivity contribution in [1.29, 1.82) is 5.26 Å². The first-order chi connectivity index (χ1) is 28.9. The number of methoxy groups -OCH3 is 2. The minimum Gasteiger partial charge on any atom is -0.497 e. The molecule has 3 heterocycles. The number of carbonyl (C=O) groups excluding carboxylic acids is 1. The second-order valence-electron chi connectivity index (χ2n) is 15.2. The van der Waals surface area contributed by atoms with E-state index in [0.29, 0.717) is 29.1 Å². The molecule has 16 heteroatoms. The lowest BCUT2D eigenvalue weighted by Crippen LogP contribution is -2.39. The Hall–Kier alpha value is -4.71. The van der Waals surface area contributed by atoms with Crippen LogP contribution in [0.4, 0.5) is 5.95 Å². The van der Waals surface area contributed by atoms with Crippen molar-refractivity contribution in [2.75, 3.05) is 32.8 Å². The highest BCUT2D eigenvalue weighted by atomic mass is 35.5. The van der Waals surface area contributed by atoms with Gasteiger partial charge in [-0.3, -0.25) is 14.7 Å². The molecule has 5 aromatic rings. The van der Waals surface area contributed by atoms with Gasteiger partial charge in [-0.25, -0.2) is 9.65 Å². The molecule has 1 unspecified atom stereocenters. The van der Waals surface area contributed by atoms with Gasteiger partial charge in [0.05, 0.1) is 52.4 Å². The van der Waals surface area contributed by atoms with Crippen molar-refractivity contribution in [1.82, 2.24) is 24.2 Å². The van der Waals surface area contributed by atoms with E-state index in [9.17, 15) is 10.1 Å². The average molecular weight is 858 g/mol. The molecule has 14 nitrogen and oxygen atoms in total. The molecule has 0 aliphatic carbocycles. The number of imidazole rings is 1. The molecule has 0 saturated carbocycles. The van der Waals surface area contributed by atoms with Gasteiger partial charge >= 0.3 is 0 Å². The molecule has 2 aromatic heterocycles. The standard InChI is InChI=1S/C44H53ClN7O7P/c1-28(2)42(53)50-43-48-40(45)39-41(49-43)51(27-47-39)38-25-36(59-60(57-24-12-23-46)52(29(3)4)30(5)6)37(58-38)26-56-44(31-13-10-9-11-14-31,32-15-19-34(54-7)20-16-32)33-17-21-35(55-8)22-18-33/h9-11,13-22,27-30,36-38H,12,24-26H2,1-8H3,(H,48,49,50,53)/t36-,37+,38-,60?/m0/s1. The van der Waals surface area contributed by atoms with E-state index < -0.39 is 32.6 Å². The Labute approximate surface area is 358 Å². The normalized spacial score (nSPS) is 17.4. The maximum Gasteiger partial charge on any atom is 0.259 e. The van der Waals surface area contributed by atoms with Gasteiger partial charge in [0.2, 0.25) is 11.9 Å². The summed E-state index contributed by atoms with van der Waals surface area (Å²) in [6.07, 6.45) is 0.289. The highest BCUT2D eigenvalue weighted by molar-refractivity contribution is 7.44. The highest BCUT2D eigenvalue weighted by Gasteiger charge is 2.45. The molecular weight excluding hydrogens is 805 g/mol. The molecule has 60 heavy (non-hydrogen) atoms. The number of fused-ring (bicyclic) bond motifs is 1. The van der Waals surface area contributed by atoms with Gasteiger partial charge in [0.25, 0.3) is 8.53 Å². The zero-order valence-corrected chi connectivity index (χ0v) is 36.9. The number of ether oxygens (including phenoxy) is 4. The van der Waals surface area contributed by atoms with Gasteiger partial charge in [0.1, 0.15) is 34.9 Å². The number of nitrogens with zero attached hydrogens (tertiary/aromatic N) is 6. The van der Waals surface area contributed by atoms with Crippen LogP contribution in [-0.2, 0) is 28.9 Å². The van der Waals surface area contributed by atoms with Crippen LogP contribution in [0.15, 0.2) is 85.2 Å². The van der Waals surface area contributed by atoms with E-state index in [0.717, 1.165) is 16.7 Å². The molecule has 1 N–H and O–H groups in total. The van der Waals surface area contributed by atoms with Gasteiger partial charge in [-0.15, -0.1) is 0 Å². The number of halogens is 1. The van der Waals surface area contributed by atoms with Crippen LogP contribution in [0.3, 0.4) is 0 Å². The summed E-state index contributed by atoms with van der Waals surface area (Å²) in [4.78, 5) is 26.1. The fraction of sp³-hybridized carbons (Fsp3) is 0.432. The molecule has 6 rings (SSSR count). The van der Waals surface area contributed by atoms with Gasteiger partial charge in [0, 0.05) is 24.4 Å². The third kappa shape index (κ3) is 9.90. The Morgan fingerprint density at radius 3 is 2.10 bits per heavy atom. The number of nitrogens with one attached hydrogen (secondary N) is 1. The lowest BCUT2D eigenvalue weighted by atomic mass is 9.80. The van der Waals surface area contributed by atoms with Crippen molar-refractivity contribution in [3.63, 3.8) is 0 Å². The van der Waals surface area contributed by atoms with Crippen molar-refractivity contribution < 1.29 is 32.8 Å². The first-order valence-corrected chi connectivity index (χ1v) is 21.5. The summed E-state index contributed by atoms with van der Waals surface area (Å²) in [5, 5.41) is 12.3. The van der Waals surface area contributed by atoms with Crippen LogP contribution in [-0.4, -0.2) is 81.8 Å². The Morgan fingerprint density at radius 2 is 1.55 bits per heavy atom. The molecule has 3 aromatic carbocycles. The first-order valence-electron chi connectivity index (χ1n) is 20.0. The van der Waals surface area contributed by atoms with Crippen molar-refractivity contribution in [3.05, 3.63) is 107 Å². The summed E-state index contributed by atoms with van der Waals surface area (Å²) in [6.45, 7) is 12.2. The fourth-order valence-corrected chi connectivity index (χ4v) is 9.20. The summed E-state index contributed by atoms with van der Waals surface area (Å²) < 4.78 is 42.8. The number of carbonyl (C=O) groups is 1. The second-order valence-corrected chi connectivity index (χ2v) is 16.9. The van der Waals surface area contributed by atoms with Gasteiger partial charge in [-0.2, -0.15) is 15.2 Å². The van der Waals surface area contributed by atoms with Crippen molar-refractivity contribution in [3.8, 4) is 17.6 Å². The summed E-state index contributed by atoms with van der Waals surface area (Å²) in [7, 11) is 1.60. The van der Waals surface area contributed by atoms with Crippen LogP contribution in [0.25, 0.3) is 11.2 Å². The summed E-state index contributed by atoms with van der Waals surface area (Å²) in [5.41, 5.74) is 2.23. The summed E-state index contributed by atoms with van der Waals surface area (Å²) in [6, 6.07) is 28.0. The van der Waals surface area contributed by atoms with Gasteiger partial charge < -0.3 is 28.0 Å². The Kier molecular flexibility index (Phi) is 15.1. The number of benzene rings is 3. The van der Waals surface area contributed by atoms with Crippen LogP contribution >= 0.6 is 20.1 Å². The number of nitriles is 1. The Morgan fingerprint density at radius 1 is 0.950 bits per heavy atom. The SMILES string of the molecule is COc1ccc(C(OC[C@H]2O[C@H](n3cnc4c(Cl)nc(NC(=O)C(C)C)nc43)C[C@@H]2OP(OCCC#N)N(C(C)C)C(C)C)(c2ccccc2)c2ccc(OC)cc2)cc1. The van der Waals surface area contributed by atoms with E-state index in [4.69, 9.17) is 39.6 Å². The van der Waals surface area contributed by atoms with Crippen LogP contribution < -0.4 is 14.8 Å². The van der Waals surface area contributed by atoms with Crippen LogP contribution in [0.1, 0.15) is 77.3 Å². The van der Waals surface area contributed by atoms with Gasteiger partial charge in [-0.1, -0.05) is 80.0 Å². The van der Waals surface area contributed by atoms with Crippen molar-refractivity contribution in [2.45, 2.75) is 90.5 Å². The molecule has 1 aliphatic rings. The quantitative estimate of drug-likeness (QED) is 0.0365. The maximum atomic E-state index is 12.6. The zero-order valence-electron chi connectivity index (χ0n) is 35.2. The van der Waals surface area contributed by atoms with E-state index in [1.54, 1.807) is 39.0 Å². The molecule has 318 valence electrons. The third-order valence-electron chi connectivity index (χ3n) is 10.2. The molecule has 1 saturated heterocycles. The molecule has 1 amide bonds. The molecule has 0 radical (unpaired) electrons. The fourth-order valence-electron chi connectivity index (χ4n) is 7.23. The Bertz CT molecular complexity index is 2160. The van der Waals surface area contributed by atoms with E-state index >= 15 is 0 Å². The number of hydrogen-bond donors (Lipinski definition) is 1. The molecule has 1 aliphatic heterocycles. The average Bonchev–Trinajstić information content (AvgIpc) is 3.85. The summed E-state index contributed by atoms with van der Waals surface area (Å²) in [5.74, 6) is 0.923.